The first-order valence-electron chi connectivity index (χ1n) is 2.78. The number of amides is 1. The molecule has 0 saturated heterocycles. The lowest BCUT2D eigenvalue weighted by atomic mass is 10.5. The normalized spacial score (nSPS) is 8.82. The molecule has 5 heteroatoms. The van der Waals surface area contributed by atoms with Gasteiger partial charge in [0, 0.05) is 5.38 Å². The Morgan fingerprint density at radius 1 is 1.91 bits per heavy atom. The summed E-state index contributed by atoms with van der Waals surface area (Å²) in [5.41, 5.74) is 0.338. The standard InChI is InChI=1S/C6H4N2OS2/c1-4-8-5(2-11-4)6(9)7-3-10/h2H,1H3. The number of aliphatic imine (C=N–C) groups is 1. The fraction of sp³-hybridized carbons (Fsp3) is 0.167. The third-order valence-electron chi connectivity index (χ3n) is 0.985. The molecule has 1 amide bonds. The largest absolute Gasteiger partial charge is 0.305 e. The second kappa shape index (κ2) is 3.48. The van der Waals surface area contributed by atoms with E-state index in [4.69, 9.17) is 0 Å². The Hall–Kier alpha value is -0.900. The van der Waals surface area contributed by atoms with Crippen molar-refractivity contribution < 1.29 is 4.79 Å². The van der Waals surface area contributed by atoms with Crippen LogP contribution in [0.25, 0.3) is 0 Å². The molecule has 1 aromatic heterocycles. The molecule has 0 aliphatic heterocycles. The van der Waals surface area contributed by atoms with Crippen LogP contribution in [-0.4, -0.2) is 16.1 Å². The van der Waals surface area contributed by atoms with Gasteiger partial charge in [0.15, 0.2) is 0 Å². The Morgan fingerprint density at radius 2 is 2.64 bits per heavy atom. The maximum Gasteiger partial charge on any atom is 0.305 e. The zero-order valence-corrected chi connectivity index (χ0v) is 7.33. The zero-order chi connectivity index (χ0) is 8.27. The van der Waals surface area contributed by atoms with E-state index in [1.54, 1.807) is 5.38 Å². The molecule has 0 atom stereocenters. The highest BCUT2D eigenvalue weighted by Gasteiger charge is 2.05. The van der Waals surface area contributed by atoms with Crippen LogP contribution in [-0.2, 0) is 0 Å². The van der Waals surface area contributed by atoms with Gasteiger partial charge >= 0.3 is 5.91 Å². The van der Waals surface area contributed by atoms with E-state index >= 15 is 0 Å². The van der Waals surface area contributed by atoms with Crippen LogP contribution in [0.4, 0.5) is 0 Å². The molecule has 0 radical (unpaired) electrons. The summed E-state index contributed by atoms with van der Waals surface area (Å²) in [6, 6.07) is 0. The molecule has 0 N–H and O–H groups in total. The summed E-state index contributed by atoms with van der Waals surface area (Å²) in [5.74, 6) is -0.427. The van der Waals surface area contributed by atoms with Crippen molar-refractivity contribution in [3.8, 4) is 0 Å². The van der Waals surface area contributed by atoms with Crippen molar-refractivity contribution in [3.05, 3.63) is 16.1 Å². The monoisotopic (exact) mass is 184 g/mol. The Balaban J connectivity index is 2.93. The number of carbonyl (C=O) groups excluding carboxylic acids is 1. The summed E-state index contributed by atoms with van der Waals surface area (Å²) in [6.45, 7) is 1.82. The molecule has 0 spiro atoms. The van der Waals surface area contributed by atoms with E-state index in [1.165, 1.54) is 11.3 Å². The number of hydrogen-bond acceptors (Lipinski definition) is 4. The van der Waals surface area contributed by atoms with Crippen LogP contribution in [0.15, 0.2) is 10.4 Å². The van der Waals surface area contributed by atoms with E-state index in [-0.39, 0.29) is 0 Å². The Kier molecular flexibility index (Phi) is 2.59. The van der Waals surface area contributed by atoms with Gasteiger partial charge in [0.05, 0.1) is 10.2 Å². The van der Waals surface area contributed by atoms with E-state index in [0.717, 1.165) is 5.01 Å². The summed E-state index contributed by atoms with van der Waals surface area (Å²) in [4.78, 5) is 18.1. The number of aryl methyl sites for hydroxylation is 1. The van der Waals surface area contributed by atoms with Gasteiger partial charge in [-0.1, -0.05) is 0 Å². The molecule has 1 heterocycles. The number of thiazole rings is 1. The first-order chi connectivity index (χ1) is 5.24. The Labute approximate surface area is 72.8 Å². The second-order valence-electron chi connectivity index (χ2n) is 1.76. The first kappa shape index (κ1) is 8.20. The van der Waals surface area contributed by atoms with Crippen LogP contribution in [0.3, 0.4) is 0 Å². The minimum Gasteiger partial charge on any atom is -0.264 e. The van der Waals surface area contributed by atoms with Gasteiger partial charge in [-0.3, -0.25) is 4.79 Å². The third-order valence-corrected chi connectivity index (χ3v) is 1.85. The quantitative estimate of drug-likeness (QED) is 0.492. The maximum absolute atomic E-state index is 10.9. The summed E-state index contributed by atoms with van der Waals surface area (Å²) < 4.78 is 0. The Morgan fingerprint density at radius 3 is 3.09 bits per heavy atom. The van der Waals surface area contributed by atoms with Crippen molar-refractivity contribution in [1.29, 1.82) is 0 Å². The minimum absolute atomic E-state index is 0.338. The van der Waals surface area contributed by atoms with Gasteiger partial charge in [0.25, 0.3) is 0 Å². The summed E-state index contributed by atoms with van der Waals surface area (Å²) >= 11 is 5.68. The molecular weight excluding hydrogens is 180 g/mol. The molecule has 3 nitrogen and oxygen atoms in total. The topological polar surface area (TPSA) is 42.3 Å². The zero-order valence-electron chi connectivity index (χ0n) is 5.70. The Bertz CT molecular complexity index is 325. The highest BCUT2D eigenvalue weighted by atomic mass is 32.1. The number of nitrogens with zero attached hydrogens (tertiary/aromatic N) is 2. The molecule has 0 saturated carbocycles. The van der Waals surface area contributed by atoms with E-state index in [0.29, 0.717) is 5.69 Å². The van der Waals surface area contributed by atoms with Crippen LogP contribution in [0.5, 0.6) is 0 Å². The minimum atomic E-state index is -0.427. The van der Waals surface area contributed by atoms with Crippen LogP contribution >= 0.6 is 23.6 Å². The maximum atomic E-state index is 10.9. The number of hydrogen-bond donors (Lipinski definition) is 0. The lowest BCUT2D eigenvalue weighted by Crippen LogP contribution is -1.93. The molecule has 0 aliphatic carbocycles. The summed E-state index contributed by atoms with van der Waals surface area (Å²) in [5, 5.41) is 4.49. The number of aromatic nitrogens is 1. The highest BCUT2D eigenvalue weighted by Crippen LogP contribution is 2.08. The molecule has 0 fully saturated rings. The highest BCUT2D eigenvalue weighted by molar-refractivity contribution is 7.78. The molecule has 0 aliphatic rings. The van der Waals surface area contributed by atoms with Crippen LogP contribution in [0.2, 0.25) is 0 Å². The molecule has 11 heavy (non-hydrogen) atoms. The predicted octanol–water partition coefficient (Wildman–Crippen LogP) is 1.69. The fourth-order valence-electron chi connectivity index (χ4n) is 0.560. The molecular formula is C6H4N2OS2. The van der Waals surface area contributed by atoms with Crippen molar-refractivity contribution in [3.63, 3.8) is 0 Å². The van der Waals surface area contributed by atoms with Gasteiger partial charge in [-0.15, -0.1) is 11.3 Å². The number of carbonyl (C=O) groups is 1. The summed E-state index contributed by atoms with van der Waals surface area (Å²) in [6.07, 6.45) is 0. The smallest absolute Gasteiger partial charge is 0.264 e. The lowest BCUT2D eigenvalue weighted by Gasteiger charge is -1.80. The van der Waals surface area contributed by atoms with Crippen molar-refractivity contribution in [2.24, 2.45) is 4.99 Å². The van der Waals surface area contributed by atoms with Gasteiger partial charge in [-0.25, -0.2) is 4.98 Å². The van der Waals surface area contributed by atoms with E-state index in [9.17, 15) is 4.79 Å². The average Bonchev–Trinajstić information content (AvgIpc) is 2.36. The van der Waals surface area contributed by atoms with Gasteiger partial charge in [-0.05, 0) is 19.1 Å². The predicted molar refractivity (Wildman–Crippen MR) is 46.2 cm³/mol. The third kappa shape index (κ3) is 2.01. The molecule has 0 bridgehead atoms. The van der Waals surface area contributed by atoms with E-state index in [2.05, 4.69) is 22.2 Å². The van der Waals surface area contributed by atoms with Crippen LogP contribution in [0, 0.1) is 6.92 Å². The molecule has 0 aromatic carbocycles. The summed E-state index contributed by atoms with van der Waals surface area (Å²) in [7, 11) is 0. The fourth-order valence-corrected chi connectivity index (χ4v) is 1.23. The van der Waals surface area contributed by atoms with E-state index < -0.39 is 5.91 Å². The number of isothiocyanates is 1. The van der Waals surface area contributed by atoms with Crippen molar-refractivity contribution in [2.75, 3.05) is 0 Å². The molecule has 56 valence electrons. The van der Waals surface area contributed by atoms with Crippen LogP contribution in [0.1, 0.15) is 15.5 Å². The second-order valence-corrected chi connectivity index (χ2v) is 3.00. The van der Waals surface area contributed by atoms with Gasteiger partial charge in [0.1, 0.15) is 5.69 Å². The average molecular weight is 184 g/mol. The van der Waals surface area contributed by atoms with Gasteiger partial charge < -0.3 is 0 Å². The molecule has 0 unspecified atom stereocenters. The number of rotatable bonds is 1. The molecule has 1 rings (SSSR count). The molecule has 1 aromatic rings. The van der Waals surface area contributed by atoms with Gasteiger partial charge in [-0.2, -0.15) is 4.99 Å². The SMILES string of the molecule is Cc1nc(C(=O)N=C=S)cs1. The van der Waals surface area contributed by atoms with Crippen molar-refractivity contribution in [1.82, 2.24) is 4.98 Å². The lowest BCUT2D eigenvalue weighted by molar-refractivity contribution is 0.0999. The van der Waals surface area contributed by atoms with Crippen molar-refractivity contribution >= 4 is 34.6 Å². The van der Waals surface area contributed by atoms with Crippen molar-refractivity contribution in [2.45, 2.75) is 6.92 Å². The van der Waals surface area contributed by atoms with E-state index in [1.807, 2.05) is 12.1 Å². The van der Waals surface area contributed by atoms with Crippen LogP contribution < -0.4 is 0 Å². The van der Waals surface area contributed by atoms with Gasteiger partial charge in [0.2, 0.25) is 0 Å². The number of thiocarbonyl (C=S) groups is 1. The first-order valence-corrected chi connectivity index (χ1v) is 4.07.